The summed E-state index contributed by atoms with van der Waals surface area (Å²) in [4.78, 5) is 4.47. The second kappa shape index (κ2) is 4.37. The van der Waals surface area contributed by atoms with Gasteiger partial charge in [0.05, 0.1) is 0 Å². The number of hydrogen-bond donors (Lipinski definition) is 1. The van der Waals surface area contributed by atoms with Crippen LogP contribution in [0.15, 0.2) is 12.3 Å². The normalized spacial score (nSPS) is 22.4. The average molecular weight is 234 g/mol. The van der Waals surface area contributed by atoms with Gasteiger partial charge in [0, 0.05) is 18.3 Å². The summed E-state index contributed by atoms with van der Waals surface area (Å²) < 4.78 is 14.5. The van der Waals surface area contributed by atoms with Crippen molar-refractivity contribution >= 4 is 0 Å². The Morgan fingerprint density at radius 1 is 1.29 bits per heavy atom. The molecule has 1 N–H and O–H groups in total. The first kappa shape index (κ1) is 11.1. The van der Waals surface area contributed by atoms with E-state index in [0.717, 1.165) is 31.5 Å². The van der Waals surface area contributed by atoms with Gasteiger partial charge in [-0.05, 0) is 56.3 Å². The van der Waals surface area contributed by atoms with Crippen LogP contribution in [-0.2, 0) is 19.3 Å². The molecule has 2 nitrogen and oxygen atoms in total. The fourth-order valence-corrected chi connectivity index (χ4v) is 2.99. The predicted octanol–water partition coefficient (Wildman–Crippen LogP) is 2.20. The Balaban J connectivity index is 1.76. The molecule has 17 heavy (non-hydrogen) atoms. The molecule has 0 bridgehead atoms. The summed E-state index contributed by atoms with van der Waals surface area (Å²) in [6.45, 7) is 1.60. The van der Waals surface area contributed by atoms with E-state index in [4.69, 9.17) is 0 Å². The predicted molar refractivity (Wildman–Crippen MR) is 65.9 cm³/mol. The molecule has 1 aromatic rings. The van der Waals surface area contributed by atoms with Crippen molar-refractivity contribution in [3.05, 3.63) is 29.1 Å². The Morgan fingerprint density at radius 3 is 2.94 bits per heavy atom. The van der Waals surface area contributed by atoms with E-state index in [2.05, 4.69) is 16.4 Å². The standard InChI is InChI=1S/C14H19FN2/c15-14(4-6-16-7-5-14)9-11-8-12-2-1-3-13(12)17-10-11/h8,10,16H,1-7,9H2. The molecule has 2 aliphatic rings. The van der Waals surface area contributed by atoms with E-state index in [1.54, 1.807) is 0 Å². The molecule has 2 heterocycles. The van der Waals surface area contributed by atoms with Crippen LogP contribution in [-0.4, -0.2) is 23.7 Å². The summed E-state index contributed by atoms with van der Waals surface area (Å²) in [5.41, 5.74) is 2.64. The van der Waals surface area contributed by atoms with Gasteiger partial charge < -0.3 is 5.32 Å². The first-order chi connectivity index (χ1) is 8.25. The van der Waals surface area contributed by atoms with Crippen molar-refractivity contribution in [3.63, 3.8) is 0 Å². The lowest BCUT2D eigenvalue weighted by Gasteiger charge is -2.30. The largest absolute Gasteiger partial charge is 0.316 e. The molecule has 1 fully saturated rings. The van der Waals surface area contributed by atoms with Crippen LogP contribution in [0.4, 0.5) is 4.39 Å². The molecule has 1 aromatic heterocycles. The van der Waals surface area contributed by atoms with Gasteiger partial charge in [0.25, 0.3) is 0 Å². The van der Waals surface area contributed by atoms with Gasteiger partial charge in [-0.3, -0.25) is 4.98 Å². The van der Waals surface area contributed by atoms with E-state index in [9.17, 15) is 4.39 Å². The number of pyridine rings is 1. The van der Waals surface area contributed by atoms with Crippen molar-refractivity contribution in [1.29, 1.82) is 0 Å². The van der Waals surface area contributed by atoms with Crippen molar-refractivity contribution in [2.75, 3.05) is 13.1 Å². The van der Waals surface area contributed by atoms with Crippen LogP contribution in [0, 0.1) is 0 Å². The zero-order valence-electron chi connectivity index (χ0n) is 10.1. The minimum Gasteiger partial charge on any atom is -0.316 e. The van der Waals surface area contributed by atoms with Crippen LogP contribution >= 0.6 is 0 Å². The fourth-order valence-electron chi connectivity index (χ4n) is 2.99. The van der Waals surface area contributed by atoms with Crippen LogP contribution in [0.3, 0.4) is 0 Å². The van der Waals surface area contributed by atoms with E-state index < -0.39 is 5.67 Å². The minimum absolute atomic E-state index is 0.537. The average Bonchev–Trinajstić information content (AvgIpc) is 2.76. The molecule has 0 atom stereocenters. The number of halogens is 1. The Hall–Kier alpha value is -0.960. The highest BCUT2D eigenvalue weighted by Gasteiger charge is 2.32. The molecule has 0 amide bonds. The molecule has 0 spiro atoms. The quantitative estimate of drug-likeness (QED) is 0.848. The molecular weight excluding hydrogens is 215 g/mol. The highest BCUT2D eigenvalue weighted by atomic mass is 19.1. The first-order valence-electron chi connectivity index (χ1n) is 6.62. The van der Waals surface area contributed by atoms with Crippen LogP contribution in [0.1, 0.15) is 36.1 Å². The van der Waals surface area contributed by atoms with Crippen molar-refractivity contribution in [3.8, 4) is 0 Å². The number of alkyl halides is 1. The molecule has 3 heteroatoms. The number of piperidine rings is 1. The number of aryl methyl sites for hydroxylation is 2. The number of nitrogens with one attached hydrogen (secondary N) is 1. The maximum Gasteiger partial charge on any atom is 0.117 e. The van der Waals surface area contributed by atoms with Gasteiger partial charge in [-0.15, -0.1) is 0 Å². The van der Waals surface area contributed by atoms with Crippen molar-refractivity contribution < 1.29 is 4.39 Å². The third-order valence-electron chi connectivity index (χ3n) is 4.00. The fraction of sp³-hybridized carbons (Fsp3) is 0.643. The number of hydrogen-bond acceptors (Lipinski definition) is 2. The summed E-state index contributed by atoms with van der Waals surface area (Å²) in [5.74, 6) is 0. The van der Waals surface area contributed by atoms with Gasteiger partial charge in [0.15, 0.2) is 0 Å². The van der Waals surface area contributed by atoms with E-state index in [0.29, 0.717) is 19.3 Å². The first-order valence-corrected chi connectivity index (χ1v) is 6.62. The summed E-state index contributed by atoms with van der Waals surface area (Å²) >= 11 is 0. The Morgan fingerprint density at radius 2 is 2.12 bits per heavy atom. The second-order valence-corrected chi connectivity index (χ2v) is 5.38. The smallest absolute Gasteiger partial charge is 0.117 e. The highest BCUT2D eigenvalue weighted by molar-refractivity contribution is 5.29. The number of fused-ring (bicyclic) bond motifs is 1. The lowest BCUT2D eigenvalue weighted by atomic mass is 9.88. The van der Waals surface area contributed by atoms with Gasteiger partial charge in [-0.1, -0.05) is 6.07 Å². The molecule has 0 unspecified atom stereocenters. The van der Waals surface area contributed by atoms with Crippen LogP contribution in [0.2, 0.25) is 0 Å². The summed E-state index contributed by atoms with van der Waals surface area (Å²) in [5, 5.41) is 3.21. The van der Waals surface area contributed by atoms with Gasteiger partial charge in [-0.25, -0.2) is 4.39 Å². The van der Waals surface area contributed by atoms with Crippen molar-refractivity contribution in [2.45, 2.75) is 44.2 Å². The van der Waals surface area contributed by atoms with Crippen molar-refractivity contribution in [1.82, 2.24) is 10.3 Å². The molecule has 0 aromatic carbocycles. The number of nitrogens with zero attached hydrogens (tertiary/aromatic N) is 1. The second-order valence-electron chi connectivity index (χ2n) is 5.38. The highest BCUT2D eigenvalue weighted by Crippen LogP contribution is 2.29. The lowest BCUT2D eigenvalue weighted by molar-refractivity contribution is 0.116. The molecule has 3 rings (SSSR count). The third-order valence-corrected chi connectivity index (χ3v) is 4.00. The maximum absolute atomic E-state index is 14.5. The molecule has 0 saturated carbocycles. The van der Waals surface area contributed by atoms with E-state index in [1.807, 2.05) is 6.20 Å². The lowest BCUT2D eigenvalue weighted by Crippen LogP contribution is -2.40. The zero-order chi connectivity index (χ0) is 11.7. The molecule has 1 aliphatic carbocycles. The van der Waals surface area contributed by atoms with Crippen LogP contribution in [0.25, 0.3) is 0 Å². The van der Waals surface area contributed by atoms with E-state index in [1.165, 1.54) is 17.7 Å². The van der Waals surface area contributed by atoms with Gasteiger partial charge in [0.1, 0.15) is 5.67 Å². The molecule has 1 aliphatic heterocycles. The van der Waals surface area contributed by atoms with E-state index >= 15 is 0 Å². The van der Waals surface area contributed by atoms with Crippen LogP contribution in [0.5, 0.6) is 0 Å². The van der Waals surface area contributed by atoms with Gasteiger partial charge >= 0.3 is 0 Å². The summed E-state index contributed by atoms with van der Waals surface area (Å²) in [6, 6.07) is 2.18. The topological polar surface area (TPSA) is 24.9 Å². The Bertz CT molecular complexity index is 411. The zero-order valence-corrected chi connectivity index (χ0v) is 10.1. The molecular formula is C14H19FN2. The maximum atomic E-state index is 14.5. The van der Waals surface area contributed by atoms with Crippen LogP contribution < -0.4 is 5.32 Å². The number of rotatable bonds is 2. The third kappa shape index (κ3) is 2.34. The van der Waals surface area contributed by atoms with E-state index in [-0.39, 0.29) is 0 Å². The summed E-state index contributed by atoms with van der Waals surface area (Å²) in [7, 11) is 0. The molecule has 0 radical (unpaired) electrons. The Kier molecular flexibility index (Phi) is 2.87. The monoisotopic (exact) mass is 234 g/mol. The molecule has 92 valence electrons. The van der Waals surface area contributed by atoms with Crippen molar-refractivity contribution in [2.24, 2.45) is 0 Å². The van der Waals surface area contributed by atoms with Gasteiger partial charge in [0.2, 0.25) is 0 Å². The van der Waals surface area contributed by atoms with Gasteiger partial charge in [-0.2, -0.15) is 0 Å². The molecule has 1 saturated heterocycles. The number of aromatic nitrogens is 1. The Labute approximate surface area is 102 Å². The summed E-state index contributed by atoms with van der Waals surface area (Å²) in [6.07, 6.45) is 7.10. The SMILES string of the molecule is FC1(Cc2cnc3c(c2)CCC3)CCNCC1. The minimum atomic E-state index is -1.01.